The molecule has 0 spiro atoms. The summed E-state index contributed by atoms with van der Waals surface area (Å²) in [5, 5.41) is 35.1. The molecule has 0 bridgehead atoms. The summed E-state index contributed by atoms with van der Waals surface area (Å²) < 4.78 is 49.3. The van der Waals surface area contributed by atoms with Crippen LogP contribution in [0.5, 0.6) is 0 Å². The quantitative estimate of drug-likeness (QED) is 0.276. The second-order valence-corrected chi connectivity index (χ2v) is 17.2. The van der Waals surface area contributed by atoms with Crippen LogP contribution < -0.4 is 5.73 Å². The molecule has 3 unspecified atom stereocenters. The van der Waals surface area contributed by atoms with Crippen molar-refractivity contribution < 1.29 is 62.8 Å². The van der Waals surface area contributed by atoms with Gasteiger partial charge < -0.3 is 63.8 Å². The molecule has 308 valence electrons. The maximum absolute atomic E-state index is 14.3. The molecule has 4 heterocycles. The van der Waals surface area contributed by atoms with E-state index in [1.165, 1.54) is 7.11 Å². The van der Waals surface area contributed by atoms with Gasteiger partial charge in [-0.3, -0.25) is 4.79 Å². The number of carbonyl (C=O) groups excluding carboxylic acids is 2. The molecule has 4 saturated heterocycles. The Balaban J connectivity index is 1.84. The van der Waals surface area contributed by atoms with Crippen molar-refractivity contribution in [2.24, 2.45) is 29.4 Å². The zero-order valence-electron chi connectivity index (χ0n) is 34.0. The van der Waals surface area contributed by atoms with Crippen molar-refractivity contribution in [3.63, 3.8) is 0 Å². The molecule has 0 radical (unpaired) electrons. The smallest absolute Gasteiger partial charge is 0.458 e. The Kier molecular flexibility index (Phi) is 14.0. The normalized spacial score (nSPS) is 50.5. The van der Waals surface area contributed by atoms with E-state index in [9.17, 15) is 24.9 Å². The van der Waals surface area contributed by atoms with E-state index in [2.05, 4.69) is 0 Å². The molecule has 0 amide bonds. The number of aliphatic hydroxyl groups excluding tert-OH is 2. The lowest BCUT2D eigenvalue weighted by molar-refractivity contribution is -0.318. The summed E-state index contributed by atoms with van der Waals surface area (Å²) in [5.41, 5.74) is 2.89. The minimum atomic E-state index is -1.64. The molecule has 0 aromatic carbocycles. The molecule has 4 rings (SSSR count). The van der Waals surface area contributed by atoms with Crippen LogP contribution in [0.15, 0.2) is 0 Å². The minimum Gasteiger partial charge on any atom is -0.458 e. The molecule has 4 fully saturated rings. The van der Waals surface area contributed by atoms with Gasteiger partial charge in [-0.25, -0.2) is 4.79 Å². The number of ether oxygens (including phenoxy) is 8. The van der Waals surface area contributed by atoms with Gasteiger partial charge in [-0.1, -0.05) is 27.7 Å². The standard InChI is InChI=1S/C38H68N2O13/c1-14-25-38(10)32(52-35(44)53-38)20(4)27(39)18(2)16-36(8,45)31(51-34-28(41)24(40(11)12)15-19(3)47-34)21(5)29(22(6)33(43)49-25)50-26-17-37(9,46-13)30(42)23(7)48-26/h18-32,34,41-42,45H,14-17,39H2,1-13H3/t18-,19-,20+,21+,22-,23+,24+,25?,26+,27?,28-,29?,30+,31-,32-,34+,36-,37-,38-/m1/s1. The Hall–Kier alpha value is -1.66. The maximum atomic E-state index is 14.3. The van der Waals surface area contributed by atoms with Gasteiger partial charge in [0.15, 0.2) is 24.3 Å². The number of hydrogen-bond donors (Lipinski definition) is 4. The summed E-state index contributed by atoms with van der Waals surface area (Å²) >= 11 is 0. The molecule has 0 aliphatic carbocycles. The molecule has 53 heavy (non-hydrogen) atoms. The first kappa shape index (κ1) is 44.1. The molecular weight excluding hydrogens is 692 g/mol. The number of carbonyl (C=O) groups is 2. The summed E-state index contributed by atoms with van der Waals surface area (Å²) in [4.78, 5) is 29.0. The highest BCUT2D eigenvalue weighted by Crippen LogP contribution is 2.43. The highest BCUT2D eigenvalue weighted by atomic mass is 16.8. The number of esters is 1. The number of nitrogens with two attached hydrogens (primary N) is 1. The number of hydrogen-bond acceptors (Lipinski definition) is 15. The molecule has 15 heteroatoms. The second kappa shape index (κ2) is 16.8. The Morgan fingerprint density at radius 3 is 2.17 bits per heavy atom. The van der Waals surface area contributed by atoms with Crippen LogP contribution in [0.4, 0.5) is 4.79 Å². The van der Waals surface area contributed by atoms with Crippen LogP contribution in [0.1, 0.15) is 94.9 Å². The lowest BCUT2D eigenvalue weighted by Gasteiger charge is -2.49. The number of nitrogens with zero attached hydrogens (tertiary/aromatic N) is 1. The van der Waals surface area contributed by atoms with E-state index in [1.54, 1.807) is 34.6 Å². The molecule has 15 nitrogen and oxygen atoms in total. The third-order valence-corrected chi connectivity index (χ3v) is 12.7. The number of cyclic esters (lactones) is 1. The predicted octanol–water partition coefficient (Wildman–Crippen LogP) is 2.73. The highest BCUT2D eigenvalue weighted by molar-refractivity contribution is 5.73. The number of likely N-dealkylation sites (N-methyl/N-ethyl adjacent to an activating group) is 1. The molecule has 0 aromatic rings. The van der Waals surface area contributed by atoms with Crippen LogP contribution in [0, 0.1) is 23.7 Å². The van der Waals surface area contributed by atoms with E-state index in [1.807, 2.05) is 53.6 Å². The van der Waals surface area contributed by atoms with Crippen LogP contribution in [0.3, 0.4) is 0 Å². The van der Waals surface area contributed by atoms with Crippen LogP contribution in [0.2, 0.25) is 0 Å². The van der Waals surface area contributed by atoms with Gasteiger partial charge in [0.25, 0.3) is 0 Å². The SMILES string of the molecule is CCC1OC(=O)[C@H](C)C(O[C@H]2C[C@@](C)(OC)[C@@H](O)[C@H](C)O2)[C@H](C)[C@@H](O[C@@H]2O[C@H](C)C[C@H](N(C)C)[C@H]2O)[C@](C)(O)C[C@@H](C)C(N)[C@H](C)[C@H]2OC(=O)O[C@]12C. The molecule has 4 aliphatic heterocycles. The zero-order chi connectivity index (χ0) is 40.0. The van der Waals surface area contributed by atoms with E-state index in [-0.39, 0.29) is 30.9 Å². The van der Waals surface area contributed by atoms with Crippen LogP contribution >= 0.6 is 0 Å². The third kappa shape index (κ3) is 9.00. The van der Waals surface area contributed by atoms with Crippen molar-refractivity contribution in [1.82, 2.24) is 4.90 Å². The van der Waals surface area contributed by atoms with E-state index in [4.69, 9.17) is 43.6 Å². The molecule has 0 saturated carbocycles. The zero-order valence-corrected chi connectivity index (χ0v) is 34.0. The lowest BCUT2D eigenvalue weighted by Crippen LogP contribution is -2.61. The summed E-state index contributed by atoms with van der Waals surface area (Å²) in [6.07, 6.45) is -8.68. The third-order valence-electron chi connectivity index (χ3n) is 12.7. The van der Waals surface area contributed by atoms with Crippen molar-refractivity contribution in [3.8, 4) is 0 Å². The van der Waals surface area contributed by atoms with Gasteiger partial charge in [-0.2, -0.15) is 0 Å². The monoisotopic (exact) mass is 760 g/mol. The van der Waals surface area contributed by atoms with Gasteiger partial charge in [-0.05, 0) is 80.8 Å². The molecule has 0 aromatic heterocycles. The second-order valence-electron chi connectivity index (χ2n) is 17.2. The fraction of sp³-hybridized carbons (Fsp3) is 0.947. The summed E-state index contributed by atoms with van der Waals surface area (Å²) in [7, 11) is 5.26. The molecule has 4 aliphatic rings. The van der Waals surface area contributed by atoms with Crippen LogP contribution in [-0.4, -0.2) is 144 Å². The lowest BCUT2D eigenvalue weighted by atomic mass is 9.72. The summed E-state index contributed by atoms with van der Waals surface area (Å²) in [5.74, 6) is -3.24. The number of methoxy groups -OCH3 is 1. The first-order chi connectivity index (χ1) is 24.5. The summed E-state index contributed by atoms with van der Waals surface area (Å²) in [6.45, 7) is 17.8. The van der Waals surface area contributed by atoms with Gasteiger partial charge >= 0.3 is 12.1 Å². The van der Waals surface area contributed by atoms with Crippen LogP contribution in [0.25, 0.3) is 0 Å². The van der Waals surface area contributed by atoms with Gasteiger partial charge in [0.1, 0.15) is 18.3 Å². The van der Waals surface area contributed by atoms with Gasteiger partial charge in [0.05, 0.1) is 41.5 Å². The Morgan fingerprint density at radius 1 is 0.943 bits per heavy atom. The maximum Gasteiger partial charge on any atom is 0.509 e. The topological polar surface area (TPSA) is 198 Å². The number of rotatable bonds is 7. The van der Waals surface area contributed by atoms with E-state index in [0.717, 1.165) is 0 Å². The number of aliphatic hydroxyl groups is 3. The summed E-state index contributed by atoms with van der Waals surface area (Å²) in [6, 6.07) is -0.896. The Morgan fingerprint density at radius 2 is 1.58 bits per heavy atom. The van der Waals surface area contributed by atoms with Gasteiger partial charge in [0.2, 0.25) is 0 Å². The van der Waals surface area contributed by atoms with Crippen molar-refractivity contribution in [3.05, 3.63) is 0 Å². The predicted molar refractivity (Wildman–Crippen MR) is 192 cm³/mol. The molecular formula is C38H68N2O13. The average molecular weight is 761 g/mol. The van der Waals surface area contributed by atoms with E-state index < -0.39 is 108 Å². The van der Waals surface area contributed by atoms with E-state index in [0.29, 0.717) is 12.8 Å². The van der Waals surface area contributed by atoms with Crippen molar-refractivity contribution in [2.75, 3.05) is 21.2 Å². The largest absolute Gasteiger partial charge is 0.509 e. The minimum absolute atomic E-state index is 0.120. The fourth-order valence-electron chi connectivity index (χ4n) is 9.25. The molecule has 19 atom stereocenters. The van der Waals surface area contributed by atoms with Crippen LogP contribution in [-0.2, 0) is 42.7 Å². The number of fused-ring (bicyclic) bond motifs is 1. The molecule has 5 N–H and O–H groups in total. The van der Waals surface area contributed by atoms with Gasteiger partial charge in [0, 0.05) is 37.5 Å². The first-order valence-corrected chi connectivity index (χ1v) is 19.3. The first-order valence-electron chi connectivity index (χ1n) is 19.3. The Labute approximate surface area is 315 Å². The highest BCUT2D eigenvalue weighted by Gasteiger charge is 2.59. The Bertz CT molecular complexity index is 1260. The fourth-order valence-corrected chi connectivity index (χ4v) is 9.25. The van der Waals surface area contributed by atoms with Gasteiger partial charge in [-0.15, -0.1) is 0 Å². The van der Waals surface area contributed by atoms with E-state index >= 15 is 0 Å². The van der Waals surface area contributed by atoms with Crippen molar-refractivity contribution in [2.45, 2.75) is 185 Å². The van der Waals surface area contributed by atoms with Crippen molar-refractivity contribution >= 4 is 12.1 Å². The average Bonchev–Trinajstić information content (AvgIpc) is 3.40. The van der Waals surface area contributed by atoms with Crippen molar-refractivity contribution in [1.29, 1.82) is 0 Å².